The molecular formula is C13H20O6. The maximum atomic E-state index is 11.5. The molecule has 0 fully saturated rings. The minimum atomic E-state index is -0.895. The van der Waals surface area contributed by atoms with Gasteiger partial charge >= 0.3 is 17.9 Å². The lowest BCUT2D eigenvalue weighted by molar-refractivity contribution is -0.148. The summed E-state index contributed by atoms with van der Waals surface area (Å²) in [5, 5.41) is 0. The van der Waals surface area contributed by atoms with Crippen molar-refractivity contribution in [1.82, 2.24) is 0 Å². The second-order valence-corrected chi connectivity index (χ2v) is 3.52. The van der Waals surface area contributed by atoms with Gasteiger partial charge in [0.25, 0.3) is 0 Å². The van der Waals surface area contributed by atoms with Crippen LogP contribution in [0.25, 0.3) is 0 Å². The van der Waals surface area contributed by atoms with E-state index < -0.39 is 23.5 Å². The highest BCUT2D eigenvalue weighted by Crippen LogP contribution is 2.03. The van der Waals surface area contributed by atoms with Crippen molar-refractivity contribution in [2.45, 2.75) is 33.6 Å². The normalized spacial score (nSPS) is 9.42. The minimum Gasteiger partial charge on any atom is -0.463 e. The van der Waals surface area contributed by atoms with Crippen LogP contribution in [-0.2, 0) is 28.6 Å². The molecule has 0 atom stereocenters. The van der Waals surface area contributed by atoms with Crippen molar-refractivity contribution in [3.05, 3.63) is 11.6 Å². The zero-order valence-electron chi connectivity index (χ0n) is 11.6. The third-order valence-electron chi connectivity index (χ3n) is 2.00. The molecule has 0 N–H and O–H groups in total. The fourth-order valence-corrected chi connectivity index (χ4v) is 1.10. The number of hydrogen-bond donors (Lipinski definition) is 0. The molecule has 0 rings (SSSR count). The van der Waals surface area contributed by atoms with Crippen molar-refractivity contribution in [2.75, 3.05) is 19.8 Å². The van der Waals surface area contributed by atoms with Gasteiger partial charge in [0.05, 0.1) is 19.8 Å². The number of ether oxygens (including phenoxy) is 3. The van der Waals surface area contributed by atoms with E-state index in [0.29, 0.717) is 6.42 Å². The number of carbonyl (C=O) groups excluding carboxylic acids is 3. The van der Waals surface area contributed by atoms with E-state index in [0.717, 1.165) is 12.5 Å². The first kappa shape index (κ1) is 17.2. The highest BCUT2D eigenvalue weighted by molar-refractivity contribution is 6.17. The van der Waals surface area contributed by atoms with Crippen molar-refractivity contribution >= 4 is 17.9 Å². The van der Waals surface area contributed by atoms with Gasteiger partial charge in [0.15, 0.2) is 5.57 Å². The van der Waals surface area contributed by atoms with Crippen LogP contribution in [0.15, 0.2) is 11.6 Å². The van der Waals surface area contributed by atoms with E-state index in [9.17, 15) is 14.4 Å². The first-order chi connectivity index (χ1) is 9.06. The predicted octanol–water partition coefficient (Wildman–Crippen LogP) is 1.38. The van der Waals surface area contributed by atoms with Crippen molar-refractivity contribution in [3.63, 3.8) is 0 Å². The Morgan fingerprint density at radius 2 is 1.42 bits per heavy atom. The fourth-order valence-electron chi connectivity index (χ4n) is 1.10. The van der Waals surface area contributed by atoms with E-state index in [-0.39, 0.29) is 19.8 Å². The summed E-state index contributed by atoms with van der Waals surface area (Å²) >= 11 is 0. The first-order valence-electron chi connectivity index (χ1n) is 6.29. The van der Waals surface area contributed by atoms with Gasteiger partial charge in [-0.25, -0.2) is 14.4 Å². The summed E-state index contributed by atoms with van der Waals surface area (Å²) in [7, 11) is 0. The number of hydrogen-bond acceptors (Lipinski definition) is 6. The van der Waals surface area contributed by atoms with Gasteiger partial charge in [-0.2, -0.15) is 0 Å². The molecule has 0 aromatic rings. The monoisotopic (exact) mass is 272 g/mol. The molecular weight excluding hydrogens is 252 g/mol. The van der Waals surface area contributed by atoms with Gasteiger partial charge < -0.3 is 14.2 Å². The van der Waals surface area contributed by atoms with Gasteiger partial charge in [0.2, 0.25) is 0 Å². The number of esters is 3. The van der Waals surface area contributed by atoms with Gasteiger partial charge in [-0.1, -0.05) is 13.3 Å². The molecule has 0 spiro atoms. The van der Waals surface area contributed by atoms with E-state index in [1.54, 1.807) is 13.8 Å². The Kier molecular flexibility index (Phi) is 9.12. The van der Waals surface area contributed by atoms with Gasteiger partial charge in [-0.15, -0.1) is 0 Å². The van der Waals surface area contributed by atoms with Crippen LogP contribution in [0.3, 0.4) is 0 Å². The van der Waals surface area contributed by atoms with Crippen LogP contribution in [0.4, 0.5) is 0 Å². The summed E-state index contributed by atoms with van der Waals surface area (Å²) in [5.74, 6) is -2.55. The van der Waals surface area contributed by atoms with Crippen LogP contribution in [-0.4, -0.2) is 37.7 Å². The van der Waals surface area contributed by atoms with Gasteiger partial charge in [-0.05, 0) is 20.3 Å². The highest BCUT2D eigenvalue weighted by Gasteiger charge is 2.22. The second kappa shape index (κ2) is 10.1. The molecule has 0 radical (unpaired) electrons. The largest absolute Gasteiger partial charge is 0.463 e. The molecule has 0 amide bonds. The lowest BCUT2D eigenvalue weighted by Gasteiger charge is -2.06. The predicted molar refractivity (Wildman–Crippen MR) is 67.2 cm³/mol. The Morgan fingerprint density at radius 3 is 1.84 bits per heavy atom. The SMILES string of the molecule is CCCCOC(=O)C=C(C(=O)OCC)C(=O)OCC. The molecule has 6 nitrogen and oxygen atoms in total. The van der Waals surface area contributed by atoms with E-state index >= 15 is 0 Å². The van der Waals surface area contributed by atoms with Crippen LogP contribution in [0, 0.1) is 0 Å². The average Bonchev–Trinajstić information content (AvgIpc) is 2.36. The summed E-state index contributed by atoms with van der Waals surface area (Å²) in [6.45, 7) is 5.58. The summed E-state index contributed by atoms with van der Waals surface area (Å²) in [5.41, 5.74) is -0.454. The summed E-state index contributed by atoms with van der Waals surface area (Å²) in [6.07, 6.45) is 2.40. The average molecular weight is 272 g/mol. The van der Waals surface area contributed by atoms with Crippen LogP contribution >= 0.6 is 0 Å². The molecule has 0 aliphatic heterocycles. The maximum Gasteiger partial charge on any atom is 0.345 e. The van der Waals surface area contributed by atoms with Crippen molar-refractivity contribution in [2.24, 2.45) is 0 Å². The molecule has 108 valence electrons. The number of unbranched alkanes of at least 4 members (excludes halogenated alkanes) is 1. The van der Waals surface area contributed by atoms with Crippen LogP contribution in [0.2, 0.25) is 0 Å². The minimum absolute atomic E-state index is 0.0977. The standard InChI is InChI=1S/C13H20O6/c1-4-7-8-19-11(14)9-10(12(15)17-5-2)13(16)18-6-3/h9H,4-8H2,1-3H3. The third-order valence-corrected chi connectivity index (χ3v) is 2.00. The van der Waals surface area contributed by atoms with Crippen LogP contribution in [0.1, 0.15) is 33.6 Å². The molecule has 0 bridgehead atoms. The van der Waals surface area contributed by atoms with Gasteiger partial charge in [0, 0.05) is 6.08 Å². The summed E-state index contributed by atoms with van der Waals surface area (Å²) in [4.78, 5) is 34.5. The quantitative estimate of drug-likeness (QED) is 0.166. The number of carbonyl (C=O) groups is 3. The Morgan fingerprint density at radius 1 is 0.895 bits per heavy atom. The molecule has 0 aromatic carbocycles. The van der Waals surface area contributed by atoms with E-state index in [4.69, 9.17) is 4.74 Å². The Bertz CT molecular complexity index is 325. The molecule has 6 heteroatoms. The second-order valence-electron chi connectivity index (χ2n) is 3.52. The third kappa shape index (κ3) is 7.23. The molecule has 0 saturated heterocycles. The Balaban J connectivity index is 4.75. The Labute approximate surface area is 112 Å². The van der Waals surface area contributed by atoms with Crippen molar-refractivity contribution < 1.29 is 28.6 Å². The highest BCUT2D eigenvalue weighted by atomic mass is 16.6. The number of rotatable bonds is 8. The fraction of sp³-hybridized carbons (Fsp3) is 0.615. The first-order valence-corrected chi connectivity index (χ1v) is 6.29. The summed E-state index contributed by atoms with van der Waals surface area (Å²) < 4.78 is 14.2. The van der Waals surface area contributed by atoms with Crippen LogP contribution < -0.4 is 0 Å². The van der Waals surface area contributed by atoms with Crippen molar-refractivity contribution in [3.8, 4) is 0 Å². The van der Waals surface area contributed by atoms with Gasteiger partial charge in [-0.3, -0.25) is 0 Å². The smallest absolute Gasteiger partial charge is 0.345 e. The van der Waals surface area contributed by atoms with Crippen molar-refractivity contribution in [1.29, 1.82) is 0 Å². The van der Waals surface area contributed by atoms with Crippen LogP contribution in [0.5, 0.6) is 0 Å². The molecule has 0 aliphatic carbocycles. The molecule has 0 heterocycles. The lowest BCUT2D eigenvalue weighted by atomic mass is 10.2. The molecule has 0 unspecified atom stereocenters. The molecule has 0 aromatic heterocycles. The van der Waals surface area contributed by atoms with E-state index in [1.165, 1.54) is 0 Å². The Hall–Kier alpha value is -1.85. The zero-order valence-corrected chi connectivity index (χ0v) is 11.6. The maximum absolute atomic E-state index is 11.5. The molecule has 0 saturated carbocycles. The molecule has 0 aliphatic rings. The molecule has 19 heavy (non-hydrogen) atoms. The topological polar surface area (TPSA) is 78.9 Å². The summed E-state index contributed by atoms with van der Waals surface area (Å²) in [6, 6.07) is 0. The zero-order chi connectivity index (χ0) is 14.7. The van der Waals surface area contributed by atoms with E-state index in [2.05, 4.69) is 9.47 Å². The van der Waals surface area contributed by atoms with E-state index in [1.807, 2.05) is 6.92 Å². The lowest BCUT2D eigenvalue weighted by Crippen LogP contribution is -2.20. The van der Waals surface area contributed by atoms with Gasteiger partial charge in [0.1, 0.15) is 0 Å².